The Labute approximate surface area is 269 Å². The second kappa shape index (κ2) is 15.7. The van der Waals surface area contributed by atoms with Crippen LogP contribution in [0.5, 0.6) is 0 Å². The van der Waals surface area contributed by atoms with E-state index >= 15 is 0 Å². The minimum atomic E-state index is -4.14. The van der Waals surface area contributed by atoms with Crippen molar-refractivity contribution in [3.05, 3.63) is 130 Å². The quantitative estimate of drug-likeness (QED) is 0.154. The molecule has 9 heteroatoms. The number of amides is 2. The molecule has 4 rings (SSSR count). The van der Waals surface area contributed by atoms with E-state index in [1.54, 1.807) is 48.5 Å². The largest absolute Gasteiger partial charge is 0.354 e. The predicted molar refractivity (Wildman–Crippen MR) is 179 cm³/mol. The first-order valence-corrected chi connectivity index (χ1v) is 16.9. The molecular formula is C35H38BrN3O4S. The minimum Gasteiger partial charge on any atom is -0.354 e. The van der Waals surface area contributed by atoms with Crippen LogP contribution in [0, 0.1) is 6.92 Å². The summed E-state index contributed by atoms with van der Waals surface area (Å²) in [5.74, 6) is -0.762. The molecule has 0 spiro atoms. The Kier molecular flexibility index (Phi) is 11.7. The fourth-order valence-electron chi connectivity index (χ4n) is 4.81. The van der Waals surface area contributed by atoms with Gasteiger partial charge in [0.25, 0.3) is 10.0 Å². The van der Waals surface area contributed by atoms with Crippen LogP contribution in [0.15, 0.2) is 119 Å². The lowest BCUT2D eigenvalue weighted by atomic mass is 10.0. The summed E-state index contributed by atoms with van der Waals surface area (Å²) in [4.78, 5) is 29.8. The normalized spacial score (nSPS) is 11.9. The highest BCUT2D eigenvalue weighted by molar-refractivity contribution is 9.10. The van der Waals surface area contributed by atoms with E-state index in [0.29, 0.717) is 12.2 Å². The van der Waals surface area contributed by atoms with E-state index in [0.717, 1.165) is 38.3 Å². The van der Waals surface area contributed by atoms with Crippen molar-refractivity contribution in [3.63, 3.8) is 0 Å². The summed E-state index contributed by atoms with van der Waals surface area (Å²) in [5, 5.41) is 3.01. The monoisotopic (exact) mass is 675 g/mol. The van der Waals surface area contributed by atoms with Crippen LogP contribution in [0.25, 0.3) is 0 Å². The molecule has 2 amide bonds. The zero-order valence-electron chi connectivity index (χ0n) is 25.0. The molecule has 230 valence electrons. The van der Waals surface area contributed by atoms with Crippen molar-refractivity contribution in [2.75, 3.05) is 17.4 Å². The van der Waals surface area contributed by atoms with Gasteiger partial charge in [0.1, 0.15) is 12.6 Å². The topological polar surface area (TPSA) is 86.8 Å². The number of sulfonamides is 1. The molecule has 0 bridgehead atoms. The van der Waals surface area contributed by atoms with Gasteiger partial charge in [0.2, 0.25) is 11.8 Å². The van der Waals surface area contributed by atoms with Crippen molar-refractivity contribution < 1.29 is 18.0 Å². The van der Waals surface area contributed by atoms with Gasteiger partial charge in [-0.3, -0.25) is 13.9 Å². The molecule has 44 heavy (non-hydrogen) atoms. The molecule has 0 aliphatic rings. The molecule has 7 nitrogen and oxygen atoms in total. The van der Waals surface area contributed by atoms with E-state index in [9.17, 15) is 18.0 Å². The number of hydrogen-bond acceptors (Lipinski definition) is 4. The maximum Gasteiger partial charge on any atom is 0.264 e. The fraction of sp³-hybridized carbons (Fsp3) is 0.257. The fourth-order valence-corrected chi connectivity index (χ4v) is 6.49. The molecule has 0 aliphatic carbocycles. The van der Waals surface area contributed by atoms with Crippen LogP contribution in [-0.4, -0.2) is 44.3 Å². The summed E-state index contributed by atoms with van der Waals surface area (Å²) in [6, 6.07) is 31.4. The van der Waals surface area contributed by atoms with Gasteiger partial charge < -0.3 is 10.2 Å². The summed E-state index contributed by atoms with van der Waals surface area (Å²) < 4.78 is 30.1. The molecule has 0 unspecified atom stereocenters. The standard InChI is InChI=1S/C35H38BrN3O4S/c1-3-4-23-37-35(41)33(24-28-11-7-5-8-12-28)38(25-29-13-9-6-10-14-29)34(40)26-39(31-19-17-30(36)18-20-31)44(42,43)32-21-15-27(2)16-22-32/h5-22,33H,3-4,23-26H2,1-2H3,(H,37,41)/t33-/m1/s1. The van der Waals surface area contributed by atoms with Crippen molar-refractivity contribution in [1.82, 2.24) is 10.2 Å². The Bertz CT molecular complexity index is 1610. The van der Waals surface area contributed by atoms with Crippen LogP contribution in [0.2, 0.25) is 0 Å². The van der Waals surface area contributed by atoms with Gasteiger partial charge in [-0.05, 0) is 60.9 Å². The maximum atomic E-state index is 14.4. The smallest absolute Gasteiger partial charge is 0.264 e. The van der Waals surface area contributed by atoms with Crippen LogP contribution >= 0.6 is 15.9 Å². The van der Waals surface area contributed by atoms with Crippen molar-refractivity contribution in [1.29, 1.82) is 0 Å². The summed E-state index contributed by atoms with van der Waals surface area (Å²) >= 11 is 3.41. The minimum absolute atomic E-state index is 0.0755. The highest BCUT2D eigenvalue weighted by Crippen LogP contribution is 2.27. The first-order valence-electron chi connectivity index (χ1n) is 14.7. The Morgan fingerprint density at radius 3 is 2.00 bits per heavy atom. The SMILES string of the molecule is CCCCNC(=O)[C@@H](Cc1ccccc1)N(Cc1ccccc1)C(=O)CN(c1ccc(Br)cc1)S(=O)(=O)c1ccc(C)cc1. The molecular weight excluding hydrogens is 638 g/mol. The van der Waals surface area contributed by atoms with E-state index < -0.39 is 28.5 Å². The van der Waals surface area contributed by atoms with Crippen molar-refractivity contribution >= 4 is 43.5 Å². The summed E-state index contributed by atoms with van der Waals surface area (Å²) in [6.07, 6.45) is 2.00. The van der Waals surface area contributed by atoms with Crippen molar-refractivity contribution in [3.8, 4) is 0 Å². The Morgan fingerprint density at radius 1 is 0.818 bits per heavy atom. The number of carbonyl (C=O) groups is 2. The Morgan fingerprint density at radius 2 is 1.41 bits per heavy atom. The van der Waals surface area contributed by atoms with Gasteiger partial charge in [-0.2, -0.15) is 0 Å². The van der Waals surface area contributed by atoms with Gasteiger partial charge >= 0.3 is 0 Å². The third kappa shape index (κ3) is 8.80. The van der Waals surface area contributed by atoms with Crippen LogP contribution in [0.4, 0.5) is 5.69 Å². The third-order valence-corrected chi connectivity index (χ3v) is 9.62. The van der Waals surface area contributed by atoms with E-state index in [4.69, 9.17) is 0 Å². The molecule has 0 aliphatic heterocycles. The third-order valence-electron chi connectivity index (χ3n) is 7.30. The predicted octanol–water partition coefficient (Wildman–Crippen LogP) is 6.51. The molecule has 0 fully saturated rings. The summed E-state index contributed by atoms with van der Waals surface area (Å²) in [6.45, 7) is 4.06. The number of nitrogens with zero attached hydrogens (tertiary/aromatic N) is 2. The van der Waals surface area contributed by atoms with Gasteiger partial charge in [0, 0.05) is 24.0 Å². The van der Waals surface area contributed by atoms with E-state index in [-0.39, 0.29) is 23.8 Å². The highest BCUT2D eigenvalue weighted by atomic mass is 79.9. The number of nitrogens with one attached hydrogen (secondary N) is 1. The highest BCUT2D eigenvalue weighted by Gasteiger charge is 2.34. The number of anilines is 1. The van der Waals surface area contributed by atoms with Crippen LogP contribution < -0.4 is 9.62 Å². The van der Waals surface area contributed by atoms with Crippen LogP contribution in [0.3, 0.4) is 0 Å². The van der Waals surface area contributed by atoms with Crippen LogP contribution in [-0.2, 0) is 32.6 Å². The summed E-state index contributed by atoms with van der Waals surface area (Å²) in [7, 11) is -4.14. The molecule has 4 aromatic carbocycles. The van der Waals surface area contributed by atoms with Gasteiger partial charge in [0.15, 0.2) is 0 Å². The molecule has 1 N–H and O–H groups in total. The van der Waals surface area contributed by atoms with E-state index in [1.165, 1.54) is 4.90 Å². The van der Waals surface area contributed by atoms with Crippen LogP contribution in [0.1, 0.15) is 36.5 Å². The second-order valence-corrected chi connectivity index (χ2v) is 13.4. The number of unbranched alkanes of at least 4 members (excludes halogenated alkanes) is 1. The molecule has 0 radical (unpaired) electrons. The Hall–Kier alpha value is -3.95. The molecule has 0 saturated heterocycles. The maximum absolute atomic E-state index is 14.4. The van der Waals surface area contributed by atoms with Crippen molar-refractivity contribution in [2.24, 2.45) is 0 Å². The second-order valence-electron chi connectivity index (χ2n) is 10.7. The molecule has 0 aromatic heterocycles. The molecule has 0 heterocycles. The first-order chi connectivity index (χ1) is 21.2. The molecule has 0 saturated carbocycles. The lowest BCUT2D eigenvalue weighted by molar-refractivity contribution is -0.140. The molecule has 1 atom stereocenters. The van der Waals surface area contributed by atoms with E-state index in [1.807, 2.05) is 74.5 Å². The average molecular weight is 677 g/mol. The number of aryl methyl sites for hydroxylation is 1. The number of rotatable bonds is 14. The van der Waals surface area contributed by atoms with Crippen molar-refractivity contribution in [2.45, 2.75) is 50.6 Å². The van der Waals surface area contributed by atoms with E-state index in [2.05, 4.69) is 21.2 Å². The van der Waals surface area contributed by atoms with Gasteiger partial charge in [-0.15, -0.1) is 0 Å². The summed E-state index contributed by atoms with van der Waals surface area (Å²) in [5.41, 5.74) is 2.98. The number of halogens is 1. The first kappa shape index (κ1) is 33.0. The zero-order chi connectivity index (χ0) is 31.5. The van der Waals surface area contributed by atoms with Gasteiger partial charge in [-0.25, -0.2) is 8.42 Å². The molecule has 4 aromatic rings. The number of hydrogen-bond donors (Lipinski definition) is 1. The lowest BCUT2D eigenvalue weighted by Gasteiger charge is -2.34. The zero-order valence-corrected chi connectivity index (χ0v) is 27.4. The lowest BCUT2D eigenvalue weighted by Crippen LogP contribution is -2.53. The van der Waals surface area contributed by atoms with Gasteiger partial charge in [0.05, 0.1) is 10.6 Å². The number of carbonyl (C=O) groups excluding carboxylic acids is 2. The average Bonchev–Trinajstić information content (AvgIpc) is 3.03. The van der Waals surface area contributed by atoms with Gasteiger partial charge in [-0.1, -0.05) is 108 Å². The number of benzene rings is 4. The Balaban J connectivity index is 1.77.